The van der Waals surface area contributed by atoms with Crippen LogP contribution in [-0.4, -0.2) is 22.6 Å². The molecule has 1 aliphatic rings. The lowest BCUT2D eigenvalue weighted by Crippen LogP contribution is -2.30. The first-order valence-corrected chi connectivity index (χ1v) is 10.5. The molecule has 2 atom stereocenters. The minimum absolute atomic E-state index is 0.314. The van der Waals surface area contributed by atoms with Gasteiger partial charge < -0.3 is 9.30 Å². The van der Waals surface area contributed by atoms with E-state index in [0.29, 0.717) is 22.9 Å². The number of fused-ring (bicyclic) bond motifs is 1. The van der Waals surface area contributed by atoms with E-state index in [9.17, 15) is 4.79 Å². The molecule has 29 heavy (non-hydrogen) atoms. The molecule has 1 aromatic heterocycles. The fourth-order valence-electron chi connectivity index (χ4n) is 5.20. The molecule has 1 fully saturated rings. The molecular formula is C25H30N2O2. The number of benzene rings is 2. The standard InChI is InChI=1S/C25H30N2O2/c1-17-12-20(16-25(2,3)15-17)27-22-11-10-19(24(28)29-4)14-21(22)26-23(27)13-18-8-6-5-7-9-18/h5-11,14,17,20H,12-13,15-16H2,1-4H3/t17-,20?/m0/s1. The van der Waals surface area contributed by atoms with Crippen molar-refractivity contribution >= 4 is 17.0 Å². The van der Waals surface area contributed by atoms with E-state index in [4.69, 9.17) is 9.72 Å². The van der Waals surface area contributed by atoms with Crippen LogP contribution in [0.1, 0.15) is 67.8 Å². The van der Waals surface area contributed by atoms with E-state index in [1.165, 1.54) is 19.1 Å². The number of aromatic nitrogens is 2. The van der Waals surface area contributed by atoms with Crippen LogP contribution < -0.4 is 0 Å². The van der Waals surface area contributed by atoms with Crippen LogP contribution >= 0.6 is 0 Å². The molecular weight excluding hydrogens is 360 g/mol. The molecule has 3 aromatic rings. The van der Waals surface area contributed by atoms with E-state index in [1.54, 1.807) is 0 Å². The average molecular weight is 391 g/mol. The topological polar surface area (TPSA) is 44.1 Å². The molecule has 2 aromatic carbocycles. The van der Waals surface area contributed by atoms with Crippen molar-refractivity contribution < 1.29 is 9.53 Å². The van der Waals surface area contributed by atoms with Gasteiger partial charge in [0.2, 0.25) is 0 Å². The molecule has 1 aliphatic carbocycles. The van der Waals surface area contributed by atoms with Crippen LogP contribution in [0.3, 0.4) is 0 Å². The van der Waals surface area contributed by atoms with E-state index >= 15 is 0 Å². The molecule has 0 saturated heterocycles. The maximum Gasteiger partial charge on any atom is 0.337 e. The zero-order valence-corrected chi connectivity index (χ0v) is 17.8. The summed E-state index contributed by atoms with van der Waals surface area (Å²) in [5, 5.41) is 0. The number of imidazole rings is 1. The largest absolute Gasteiger partial charge is 0.465 e. The number of carbonyl (C=O) groups is 1. The number of hydrogen-bond donors (Lipinski definition) is 0. The van der Waals surface area contributed by atoms with Gasteiger partial charge in [-0.05, 0) is 54.4 Å². The molecule has 0 N–H and O–H groups in total. The first-order valence-electron chi connectivity index (χ1n) is 10.5. The summed E-state index contributed by atoms with van der Waals surface area (Å²) in [6.45, 7) is 7.11. The molecule has 4 heteroatoms. The quantitative estimate of drug-likeness (QED) is 0.529. The number of hydrogen-bond acceptors (Lipinski definition) is 3. The summed E-state index contributed by atoms with van der Waals surface area (Å²) in [6.07, 6.45) is 4.35. The van der Waals surface area contributed by atoms with Gasteiger partial charge in [0, 0.05) is 12.5 Å². The van der Waals surface area contributed by atoms with Gasteiger partial charge in [-0.2, -0.15) is 0 Å². The maximum atomic E-state index is 12.0. The van der Waals surface area contributed by atoms with E-state index < -0.39 is 0 Å². The molecule has 1 heterocycles. The van der Waals surface area contributed by atoms with Gasteiger partial charge in [-0.3, -0.25) is 0 Å². The highest BCUT2D eigenvalue weighted by molar-refractivity contribution is 5.93. The third-order valence-corrected chi connectivity index (χ3v) is 6.12. The summed E-state index contributed by atoms with van der Waals surface area (Å²) < 4.78 is 7.35. The minimum Gasteiger partial charge on any atom is -0.465 e. The van der Waals surface area contributed by atoms with Crippen LogP contribution in [0.15, 0.2) is 48.5 Å². The molecule has 0 bridgehead atoms. The predicted molar refractivity (Wildman–Crippen MR) is 116 cm³/mol. The van der Waals surface area contributed by atoms with Gasteiger partial charge in [-0.25, -0.2) is 9.78 Å². The molecule has 4 nitrogen and oxygen atoms in total. The highest BCUT2D eigenvalue weighted by Crippen LogP contribution is 2.45. The van der Waals surface area contributed by atoms with Gasteiger partial charge in [0.05, 0.1) is 23.7 Å². The first kappa shape index (κ1) is 19.7. The summed E-state index contributed by atoms with van der Waals surface area (Å²) in [5.74, 6) is 1.43. The van der Waals surface area contributed by atoms with Crippen LogP contribution in [0.25, 0.3) is 11.0 Å². The van der Waals surface area contributed by atoms with Crippen molar-refractivity contribution in [1.82, 2.24) is 9.55 Å². The Labute approximate surface area is 172 Å². The summed E-state index contributed by atoms with van der Waals surface area (Å²) in [6, 6.07) is 16.7. The van der Waals surface area contributed by atoms with Crippen molar-refractivity contribution in [2.75, 3.05) is 7.11 Å². The van der Waals surface area contributed by atoms with Crippen molar-refractivity contribution in [3.8, 4) is 0 Å². The normalized spacial score (nSPS) is 21.2. The highest BCUT2D eigenvalue weighted by Gasteiger charge is 2.34. The average Bonchev–Trinajstić information content (AvgIpc) is 3.03. The summed E-state index contributed by atoms with van der Waals surface area (Å²) in [5.41, 5.74) is 4.09. The van der Waals surface area contributed by atoms with Gasteiger partial charge >= 0.3 is 5.97 Å². The van der Waals surface area contributed by atoms with Crippen molar-refractivity contribution in [2.24, 2.45) is 11.3 Å². The Morgan fingerprint density at radius 2 is 1.93 bits per heavy atom. The van der Waals surface area contributed by atoms with Crippen molar-refractivity contribution in [2.45, 2.75) is 52.5 Å². The molecule has 152 valence electrons. The first-order chi connectivity index (χ1) is 13.9. The maximum absolute atomic E-state index is 12.0. The zero-order chi connectivity index (χ0) is 20.6. The van der Waals surface area contributed by atoms with Gasteiger partial charge in [0.1, 0.15) is 5.82 Å². The van der Waals surface area contributed by atoms with Gasteiger partial charge in [0.25, 0.3) is 0 Å². The lowest BCUT2D eigenvalue weighted by molar-refractivity contribution is 0.0601. The number of carbonyl (C=O) groups excluding carboxylic acids is 1. The highest BCUT2D eigenvalue weighted by atomic mass is 16.5. The number of methoxy groups -OCH3 is 1. The number of rotatable bonds is 4. The Morgan fingerprint density at radius 1 is 1.17 bits per heavy atom. The van der Waals surface area contributed by atoms with Crippen molar-refractivity contribution in [1.29, 1.82) is 0 Å². The Morgan fingerprint density at radius 3 is 2.62 bits per heavy atom. The predicted octanol–water partition coefficient (Wildman–Crippen LogP) is 5.80. The molecule has 0 spiro atoms. The lowest BCUT2D eigenvalue weighted by Gasteiger charge is -2.40. The molecule has 1 saturated carbocycles. The van der Waals surface area contributed by atoms with Crippen molar-refractivity contribution in [3.63, 3.8) is 0 Å². The van der Waals surface area contributed by atoms with Crippen LogP contribution in [0.2, 0.25) is 0 Å². The summed E-state index contributed by atoms with van der Waals surface area (Å²) >= 11 is 0. The third-order valence-electron chi connectivity index (χ3n) is 6.12. The molecule has 4 rings (SSSR count). The van der Waals surface area contributed by atoms with E-state index in [1.807, 2.05) is 24.3 Å². The second kappa shape index (κ2) is 7.66. The summed E-state index contributed by atoms with van der Waals surface area (Å²) in [7, 11) is 1.41. The fourth-order valence-corrected chi connectivity index (χ4v) is 5.20. The van der Waals surface area contributed by atoms with Crippen LogP contribution in [0.4, 0.5) is 0 Å². The number of esters is 1. The Kier molecular flexibility index (Phi) is 5.20. The van der Waals surface area contributed by atoms with Gasteiger partial charge in [-0.1, -0.05) is 51.1 Å². The fraction of sp³-hybridized carbons (Fsp3) is 0.440. The second-order valence-electron chi connectivity index (χ2n) is 9.32. The minimum atomic E-state index is -0.321. The van der Waals surface area contributed by atoms with Gasteiger partial charge in [0.15, 0.2) is 0 Å². The molecule has 0 aliphatic heterocycles. The second-order valence-corrected chi connectivity index (χ2v) is 9.32. The Balaban J connectivity index is 1.82. The molecule has 0 radical (unpaired) electrons. The van der Waals surface area contributed by atoms with Crippen LogP contribution in [-0.2, 0) is 11.2 Å². The Bertz CT molecular complexity index is 1020. The third kappa shape index (κ3) is 4.07. The Hall–Kier alpha value is -2.62. The summed E-state index contributed by atoms with van der Waals surface area (Å²) in [4.78, 5) is 17.0. The molecule has 1 unspecified atom stereocenters. The van der Waals surface area contributed by atoms with E-state index in [0.717, 1.165) is 36.1 Å². The van der Waals surface area contributed by atoms with Crippen LogP contribution in [0, 0.1) is 11.3 Å². The van der Waals surface area contributed by atoms with Gasteiger partial charge in [-0.15, -0.1) is 0 Å². The van der Waals surface area contributed by atoms with E-state index in [2.05, 4.69) is 49.6 Å². The van der Waals surface area contributed by atoms with Crippen LogP contribution in [0.5, 0.6) is 0 Å². The SMILES string of the molecule is COC(=O)c1ccc2c(c1)nc(Cc1ccccc1)n2C1C[C@H](C)CC(C)(C)C1. The monoisotopic (exact) mass is 390 g/mol. The van der Waals surface area contributed by atoms with Crippen molar-refractivity contribution in [3.05, 3.63) is 65.5 Å². The number of ether oxygens (including phenoxy) is 1. The lowest BCUT2D eigenvalue weighted by atomic mass is 9.70. The van der Waals surface area contributed by atoms with E-state index in [-0.39, 0.29) is 5.97 Å². The smallest absolute Gasteiger partial charge is 0.337 e. The zero-order valence-electron chi connectivity index (χ0n) is 17.8. The number of nitrogens with zero attached hydrogens (tertiary/aromatic N) is 2. The molecule has 0 amide bonds.